The topological polar surface area (TPSA) is 54.3 Å². The Hall–Kier alpha value is -2.44. The van der Waals surface area contributed by atoms with Crippen molar-refractivity contribution in [3.8, 4) is 0 Å². The fourth-order valence-corrected chi connectivity index (χ4v) is 2.84. The van der Waals surface area contributed by atoms with Gasteiger partial charge in [-0.05, 0) is 36.6 Å². The van der Waals surface area contributed by atoms with Crippen molar-refractivity contribution in [1.82, 2.24) is 10.6 Å². The number of carbonyl (C=O) groups is 1. The Morgan fingerprint density at radius 1 is 1.21 bits per heavy atom. The van der Waals surface area contributed by atoms with Crippen LogP contribution < -0.4 is 10.6 Å². The fourth-order valence-electron chi connectivity index (χ4n) is 2.84. The van der Waals surface area contributed by atoms with Gasteiger partial charge in [0, 0.05) is 18.5 Å². The molecule has 1 aromatic heterocycles. The number of hydrogen-bond donors (Lipinski definition) is 2. The number of amides is 2. The smallest absolute Gasteiger partial charge is 0.416 e. The summed E-state index contributed by atoms with van der Waals surface area (Å²) in [6.07, 6.45) is -0.102. The largest absolute Gasteiger partial charge is 0.469 e. The van der Waals surface area contributed by atoms with Crippen LogP contribution in [0, 0.1) is 0 Å². The molecule has 2 N–H and O–H groups in total. The van der Waals surface area contributed by atoms with Crippen molar-refractivity contribution in [3.63, 3.8) is 0 Å². The molecule has 3 rings (SSSR count). The lowest BCUT2D eigenvalue weighted by Gasteiger charge is -2.22. The van der Waals surface area contributed by atoms with Gasteiger partial charge in [0.25, 0.3) is 0 Å². The van der Waals surface area contributed by atoms with E-state index in [9.17, 15) is 18.0 Å². The van der Waals surface area contributed by atoms with Gasteiger partial charge in [-0.25, -0.2) is 4.79 Å². The number of furan rings is 1. The average Bonchev–Trinajstić information content (AvgIpc) is 3.02. The van der Waals surface area contributed by atoms with Crippen LogP contribution in [0.2, 0.25) is 0 Å². The molecular formula is C17H17F3N2O2. The third-order valence-electron chi connectivity index (χ3n) is 4.09. The van der Waals surface area contributed by atoms with Gasteiger partial charge in [-0.2, -0.15) is 13.2 Å². The molecule has 4 nitrogen and oxygen atoms in total. The molecule has 24 heavy (non-hydrogen) atoms. The maximum Gasteiger partial charge on any atom is 0.416 e. The molecule has 2 amide bonds. The second-order valence-electron chi connectivity index (χ2n) is 5.77. The van der Waals surface area contributed by atoms with Gasteiger partial charge < -0.3 is 15.1 Å². The Bertz CT molecular complexity index is 707. The van der Waals surface area contributed by atoms with Crippen LogP contribution in [0.1, 0.15) is 41.3 Å². The Morgan fingerprint density at radius 3 is 2.67 bits per heavy atom. The standard InChI is InChI=1S/C17H17F3N2O2/c18-17(19,20)12-6-4-11(5-7-12)10-21-16(23)22-14-2-1-3-15-13(14)8-9-24-15/h4-9,14H,1-3,10H2,(H2,21,22,23). The summed E-state index contributed by atoms with van der Waals surface area (Å²) in [6.45, 7) is 0.162. The molecule has 1 aliphatic carbocycles. The van der Waals surface area contributed by atoms with E-state index in [0.717, 1.165) is 42.7 Å². The van der Waals surface area contributed by atoms with Crippen molar-refractivity contribution in [2.75, 3.05) is 0 Å². The van der Waals surface area contributed by atoms with Gasteiger partial charge in [0.05, 0.1) is 17.9 Å². The van der Waals surface area contributed by atoms with E-state index in [1.54, 1.807) is 6.26 Å². The van der Waals surface area contributed by atoms with Crippen LogP contribution in [0.5, 0.6) is 0 Å². The highest BCUT2D eigenvalue weighted by Gasteiger charge is 2.30. The minimum atomic E-state index is -4.35. The first kappa shape index (κ1) is 16.4. The van der Waals surface area contributed by atoms with E-state index in [1.165, 1.54) is 12.1 Å². The summed E-state index contributed by atoms with van der Waals surface area (Å²) >= 11 is 0. The summed E-state index contributed by atoms with van der Waals surface area (Å²) in [5.41, 5.74) is 0.891. The predicted molar refractivity (Wildman–Crippen MR) is 81.2 cm³/mol. The van der Waals surface area contributed by atoms with Crippen molar-refractivity contribution in [2.45, 2.75) is 38.0 Å². The fraction of sp³-hybridized carbons (Fsp3) is 0.353. The molecule has 1 aromatic carbocycles. The lowest BCUT2D eigenvalue weighted by Crippen LogP contribution is -2.38. The van der Waals surface area contributed by atoms with Crippen molar-refractivity contribution in [1.29, 1.82) is 0 Å². The highest BCUT2D eigenvalue weighted by atomic mass is 19.4. The van der Waals surface area contributed by atoms with Gasteiger partial charge >= 0.3 is 12.2 Å². The molecule has 7 heteroatoms. The number of alkyl halides is 3. The zero-order valence-corrected chi connectivity index (χ0v) is 12.8. The number of rotatable bonds is 3. The van der Waals surface area contributed by atoms with Crippen molar-refractivity contribution in [2.24, 2.45) is 0 Å². The number of urea groups is 1. The Kier molecular flexibility index (Phi) is 4.51. The minimum absolute atomic E-state index is 0.0971. The molecule has 0 aliphatic heterocycles. The van der Waals surface area contributed by atoms with Crippen molar-refractivity contribution < 1.29 is 22.4 Å². The second-order valence-corrected chi connectivity index (χ2v) is 5.77. The number of hydrogen-bond acceptors (Lipinski definition) is 2. The molecule has 0 saturated heterocycles. The van der Waals surface area contributed by atoms with Crippen LogP contribution in [0.15, 0.2) is 41.0 Å². The zero-order valence-electron chi connectivity index (χ0n) is 12.8. The minimum Gasteiger partial charge on any atom is -0.469 e. The molecule has 1 unspecified atom stereocenters. The third kappa shape index (κ3) is 3.72. The third-order valence-corrected chi connectivity index (χ3v) is 4.09. The van der Waals surface area contributed by atoms with Gasteiger partial charge in [0.1, 0.15) is 5.76 Å². The van der Waals surface area contributed by atoms with Crippen molar-refractivity contribution in [3.05, 3.63) is 59.0 Å². The first-order valence-corrected chi connectivity index (χ1v) is 7.70. The van der Waals surface area contributed by atoms with E-state index in [1.807, 2.05) is 6.07 Å². The number of benzene rings is 1. The second kappa shape index (κ2) is 6.59. The molecule has 0 fully saturated rings. The maximum absolute atomic E-state index is 12.5. The normalized spacial score (nSPS) is 17.2. The Morgan fingerprint density at radius 2 is 1.96 bits per heavy atom. The molecule has 1 heterocycles. The Labute approximate surface area is 137 Å². The number of carbonyl (C=O) groups excluding carboxylic acids is 1. The highest BCUT2D eigenvalue weighted by molar-refractivity contribution is 5.74. The Balaban J connectivity index is 1.53. The molecule has 0 saturated carbocycles. The maximum atomic E-state index is 12.5. The lowest BCUT2D eigenvalue weighted by molar-refractivity contribution is -0.137. The van der Waals surface area contributed by atoms with E-state index in [-0.39, 0.29) is 18.6 Å². The average molecular weight is 338 g/mol. The molecular weight excluding hydrogens is 321 g/mol. The van der Waals surface area contributed by atoms with Gasteiger partial charge in [-0.1, -0.05) is 12.1 Å². The molecule has 1 aliphatic rings. The summed E-state index contributed by atoms with van der Waals surface area (Å²) in [5.74, 6) is 0.897. The molecule has 128 valence electrons. The number of halogens is 3. The first-order valence-electron chi connectivity index (χ1n) is 7.70. The molecule has 0 bridgehead atoms. The predicted octanol–water partition coefficient (Wildman–Crippen LogP) is 4.18. The van der Waals surface area contributed by atoms with Gasteiger partial charge in [0.15, 0.2) is 0 Å². The van der Waals surface area contributed by atoms with Crippen LogP contribution in [0.4, 0.5) is 18.0 Å². The summed E-state index contributed by atoms with van der Waals surface area (Å²) in [4.78, 5) is 12.0. The van der Waals surface area contributed by atoms with Crippen LogP contribution >= 0.6 is 0 Å². The van der Waals surface area contributed by atoms with E-state index < -0.39 is 11.7 Å². The monoisotopic (exact) mass is 338 g/mol. The van der Waals surface area contributed by atoms with E-state index >= 15 is 0 Å². The van der Waals surface area contributed by atoms with Crippen molar-refractivity contribution >= 4 is 6.03 Å². The number of nitrogens with one attached hydrogen (secondary N) is 2. The molecule has 2 aromatic rings. The van der Waals surface area contributed by atoms with E-state index in [4.69, 9.17) is 4.42 Å². The van der Waals surface area contributed by atoms with Gasteiger partial charge in [0.2, 0.25) is 0 Å². The van der Waals surface area contributed by atoms with E-state index in [0.29, 0.717) is 5.56 Å². The molecule has 0 radical (unpaired) electrons. The molecule has 0 spiro atoms. The summed E-state index contributed by atoms with van der Waals surface area (Å²) in [6, 6.07) is 6.14. The van der Waals surface area contributed by atoms with E-state index in [2.05, 4.69) is 10.6 Å². The van der Waals surface area contributed by atoms with Gasteiger partial charge in [-0.3, -0.25) is 0 Å². The van der Waals surface area contributed by atoms with Crippen LogP contribution in [-0.2, 0) is 19.1 Å². The zero-order chi connectivity index (χ0) is 17.2. The number of aryl methyl sites for hydroxylation is 1. The first-order chi connectivity index (χ1) is 11.4. The van der Waals surface area contributed by atoms with Crippen LogP contribution in [0.3, 0.4) is 0 Å². The summed E-state index contributed by atoms with van der Waals surface area (Å²) < 4.78 is 42.9. The molecule has 1 atom stereocenters. The quantitative estimate of drug-likeness (QED) is 0.882. The van der Waals surface area contributed by atoms with Crippen LogP contribution in [-0.4, -0.2) is 6.03 Å². The lowest BCUT2D eigenvalue weighted by atomic mass is 9.93. The summed E-state index contributed by atoms with van der Waals surface area (Å²) in [5, 5.41) is 5.54. The van der Waals surface area contributed by atoms with Gasteiger partial charge in [-0.15, -0.1) is 0 Å². The van der Waals surface area contributed by atoms with Crippen LogP contribution in [0.25, 0.3) is 0 Å². The SMILES string of the molecule is O=C(NCc1ccc(C(F)(F)F)cc1)NC1CCCc2occc21. The number of fused-ring (bicyclic) bond motifs is 1. The highest BCUT2D eigenvalue weighted by Crippen LogP contribution is 2.30. The summed E-state index contributed by atoms with van der Waals surface area (Å²) in [7, 11) is 0.